The monoisotopic (exact) mass is 163 g/mol. The maximum absolute atomic E-state index is 7.37. The van der Waals surface area contributed by atoms with Crippen molar-refractivity contribution >= 4 is 10.4 Å². The molecule has 0 aliphatic carbocycles. The van der Waals surface area contributed by atoms with E-state index < -0.39 is 0 Å². The van der Waals surface area contributed by atoms with Crippen LogP contribution in [0, 0.1) is 0 Å². The van der Waals surface area contributed by atoms with Crippen molar-refractivity contribution in [2.45, 2.75) is 0 Å². The lowest BCUT2D eigenvalue weighted by atomic mass is 10.8. The fourth-order valence-electron chi connectivity index (χ4n) is 0.167. The molecule has 0 aromatic carbocycles. The smallest absolute Gasteiger partial charge is 0.107 e. The van der Waals surface area contributed by atoms with E-state index in [-0.39, 0.29) is 0 Å². The zero-order valence-corrected chi connectivity index (χ0v) is 8.57. The highest BCUT2D eigenvalue weighted by Crippen LogP contribution is 1.65. The van der Waals surface area contributed by atoms with Gasteiger partial charge < -0.3 is 9.47 Å². The number of hydrogen-bond acceptors (Lipinski definition) is 3. The van der Waals surface area contributed by atoms with Gasteiger partial charge in [-0.05, 0) is 10.4 Å². The molecule has 0 heterocycles. The first-order valence-electron chi connectivity index (χ1n) is 2.74. The maximum atomic E-state index is 7.37. The Labute approximate surface area is 63.5 Å². The molecule has 0 rings (SSSR count). The summed E-state index contributed by atoms with van der Waals surface area (Å²) in [5.41, 5.74) is 7.37. The van der Waals surface area contributed by atoms with Crippen LogP contribution in [0.4, 0.5) is 0 Å². The minimum absolute atomic E-state index is 0.598. The molecule has 0 saturated carbocycles. The third-order valence-corrected chi connectivity index (χ3v) is 0.760. The van der Waals surface area contributed by atoms with E-state index in [9.17, 15) is 0 Å². The molecule has 0 atom stereocenters. The number of methoxy groups -OCH3 is 2. The quantitative estimate of drug-likeness (QED) is 0.191. The van der Waals surface area contributed by atoms with Crippen LogP contribution in [0.1, 0.15) is 0 Å². The molecule has 10 heavy (non-hydrogen) atoms. The minimum atomic E-state index is 0.598. The second kappa shape index (κ2) is 15.8. The first-order valence-corrected chi connectivity index (χ1v) is 3.64. The maximum Gasteiger partial charge on any atom is 0.107 e. The Kier molecular flexibility index (Phi) is 19.2. The Bertz CT molecular complexity index is 90.5. The highest BCUT2D eigenvalue weighted by atomic mass is 28.2. The van der Waals surface area contributed by atoms with Gasteiger partial charge in [-0.15, -0.1) is 4.78 Å². The Morgan fingerprint density at radius 1 is 1.40 bits per heavy atom. The Morgan fingerprint density at radius 3 is 1.80 bits per heavy atom. The largest absolute Gasteiger partial charge is 0.382 e. The predicted molar refractivity (Wildman–Crippen MR) is 42.8 cm³/mol. The standard InChI is InChI=1S/C4H10O2.H3N3Si/c1-5-3-4-6-2;1-2-3-4/h3-4H2,1-2H3;4H3. The van der Waals surface area contributed by atoms with Crippen molar-refractivity contribution in [3.63, 3.8) is 0 Å². The third kappa shape index (κ3) is 26.1. The zero-order valence-electron chi connectivity index (χ0n) is 6.57. The molecule has 5 nitrogen and oxygen atoms in total. The van der Waals surface area contributed by atoms with Gasteiger partial charge in [0.05, 0.1) is 13.2 Å². The molecule has 0 radical (unpaired) electrons. The van der Waals surface area contributed by atoms with Crippen molar-refractivity contribution in [3.05, 3.63) is 10.4 Å². The van der Waals surface area contributed by atoms with Crippen LogP contribution in [-0.2, 0) is 9.47 Å². The predicted octanol–water partition coefficient (Wildman–Crippen LogP) is -0.144. The zero-order chi connectivity index (χ0) is 8.24. The third-order valence-electron chi connectivity index (χ3n) is 0.581. The molecule has 0 amide bonds. The van der Waals surface area contributed by atoms with Crippen LogP contribution < -0.4 is 0 Å². The van der Waals surface area contributed by atoms with Gasteiger partial charge in [0, 0.05) is 14.2 Å². The molecule has 0 bridgehead atoms. The van der Waals surface area contributed by atoms with Crippen LogP contribution in [0.15, 0.2) is 4.78 Å². The summed E-state index contributed by atoms with van der Waals surface area (Å²) in [5, 5.41) is 0. The fraction of sp³-hybridized carbons (Fsp3) is 1.00. The molecule has 6 heteroatoms. The second-order valence-corrected chi connectivity index (χ2v) is 1.68. The minimum Gasteiger partial charge on any atom is -0.382 e. The molecular weight excluding hydrogens is 150 g/mol. The van der Waals surface area contributed by atoms with Gasteiger partial charge in [0.15, 0.2) is 0 Å². The molecule has 0 N–H and O–H groups in total. The summed E-state index contributed by atoms with van der Waals surface area (Å²) in [4.78, 5) is 2.42. The fourth-order valence-corrected chi connectivity index (χ4v) is 0.167. The Balaban J connectivity index is 0. The van der Waals surface area contributed by atoms with E-state index in [2.05, 4.69) is 19.2 Å². The van der Waals surface area contributed by atoms with E-state index >= 15 is 0 Å². The second-order valence-electron chi connectivity index (χ2n) is 1.28. The lowest BCUT2D eigenvalue weighted by Crippen LogP contribution is -1.96. The summed E-state index contributed by atoms with van der Waals surface area (Å²) in [7, 11) is 3.90. The number of hydrogen-bond donors (Lipinski definition) is 0. The van der Waals surface area contributed by atoms with Gasteiger partial charge in [-0.2, -0.15) is 0 Å². The molecule has 0 aliphatic heterocycles. The summed E-state index contributed by atoms with van der Waals surface area (Å²) in [5.74, 6) is 0. The highest BCUT2D eigenvalue weighted by Gasteiger charge is 1.73. The molecule has 0 spiro atoms. The van der Waals surface area contributed by atoms with E-state index in [1.807, 2.05) is 0 Å². The highest BCUT2D eigenvalue weighted by molar-refractivity contribution is 6.05. The molecule has 0 fully saturated rings. The van der Waals surface area contributed by atoms with E-state index in [4.69, 9.17) is 5.53 Å². The van der Waals surface area contributed by atoms with Crippen molar-refractivity contribution in [1.29, 1.82) is 0 Å². The van der Waals surface area contributed by atoms with Crippen molar-refractivity contribution in [1.82, 2.24) is 0 Å². The molecule has 60 valence electrons. The van der Waals surface area contributed by atoms with Crippen molar-refractivity contribution in [2.24, 2.45) is 4.78 Å². The van der Waals surface area contributed by atoms with Gasteiger partial charge in [0.1, 0.15) is 10.4 Å². The summed E-state index contributed by atoms with van der Waals surface area (Å²) in [6.07, 6.45) is 0. The normalized spacial score (nSPS) is 7.40. The van der Waals surface area contributed by atoms with Crippen LogP contribution in [0.25, 0.3) is 10.4 Å². The summed E-state index contributed by atoms with van der Waals surface area (Å²) in [6, 6.07) is 0. The van der Waals surface area contributed by atoms with E-state index in [0.29, 0.717) is 23.6 Å². The van der Waals surface area contributed by atoms with Crippen LogP contribution >= 0.6 is 0 Å². The van der Waals surface area contributed by atoms with Crippen LogP contribution in [0.5, 0.6) is 0 Å². The summed E-state index contributed by atoms with van der Waals surface area (Å²) >= 11 is 0. The van der Waals surface area contributed by atoms with Crippen LogP contribution in [-0.4, -0.2) is 37.8 Å². The van der Waals surface area contributed by atoms with Gasteiger partial charge in [-0.3, -0.25) is 0 Å². The lowest BCUT2D eigenvalue weighted by molar-refractivity contribution is 0.103. The summed E-state index contributed by atoms with van der Waals surface area (Å²) in [6.45, 7) is 1.38. The number of azide groups is 1. The molecule has 0 unspecified atom stereocenters. The first kappa shape index (κ1) is 12.2. The summed E-state index contributed by atoms with van der Waals surface area (Å²) < 4.78 is 12.4. The van der Waals surface area contributed by atoms with E-state index in [1.165, 1.54) is 0 Å². The van der Waals surface area contributed by atoms with Crippen LogP contribution in [0.2, 0.25) is 0 Å². The molecule has 0 aromatic heterocycles. The SMILES string of the molecule is COCCOC.[N-]=[N+]=N[SiH3]. The Hall–Kier alpha value is -0.553. The van der Waals surface area contributed by atoms with Gasteiger partial charge in [0.2, 0.25) is 0 Å². The lowest BCUT2D eigenvalue weighted by Gasteiger charge is -1.91. The van der Waals surface area contributed by atoms with Gasteiger partial charge in [0.25, 0.3) is 0 Å². The topological polar surface area (TPSA) is 67.2 Å². The van der Waals surface area contributed by atoms with Crippen molar-refractivity contribution < 1.29 is 9.47 Å². The number of nitrogens with zero attached hydrogens (tertiary/aromatic N) is 3. The van der Waals surface area contributed by atoms with E-state index in [0.717, 1.165) is 0 Å². The first-order chi connectivity index (χ1) is 4.83. The number of rotatable bonds is 3. The molecule has 0 saturated heterocycles. The van der Waals surface area contributed by atoms with Crippen molar-refractivity contribution in [2.75, 3.05) is 27.4 Å². The number of ether oxygens (including phenoxy) is 2. The van der Waals surface area contributed by atoms with Crippen molar-refractivity contribution in [3.8, 4) is 0 Å². The molecule has 0 aromatic rings. The Morgan fingerprint density at radius 2 is 1.70 bits per heavy atom. The van der Waals surface area contributed by atoms with Gasteiger partial charge in [-0.1, -0.05) is 0 Å². The van der Waals surface area contributed by atoms with E-state index in [1.54, 1.807) is 14.2 Å². The van der Waals surface area contributed by atoms with Gasteiger partial charge in [-0.25, -0.2) is 0 Å². The van der Waals surface area contributed by atoms with Crippen LogP contribution in [0.3, 0.4) is 0 Å². The average Bonchev–Trinajstić information content (AvgIpc) is 2.01. The van der Waals surface area contributed by atoms with Gasteiger partial charge >= 0.3 is 0 Å². The average molecular weight is 163 g/mol. The molecule has 0 aliphatic rings. The molecular formula is C4H13N3O2Si.